The highest BCUT2D eigenvalue weighted by molar-refractivity contribution is 5.95. The highest BCUT2D eigenvalue weighted by atomic mass is 19.1. The van der Waals surface area contributed by atoms with Crippen molar-refractivity contribution < 1.29 is 18.3 Å². The Morgan fingerprint density at radius 1 is 1.04 bits per heavy atom. The molecule has 0 N–H and O–H groups in total. The predicted molar refractivity (Wildman–Crippen MR) is 93.0 cm³/mol. The quantitative estimate of drug-likeness (QED) is 0.718. The molecule has 1 atom stereocenters. The van der Waals surface area contributed by atoms with Gasteiger partial charge in [-0.1, -0.05) is 24.3 Å². The average Bonchev–Trinajstić information content (AvgIpc) is 3.10. The molecule has 0 spiro atoms. The van der Waals surface area contributed by atoms with Crippen molar-refractivity contribution >= 4 is 16.8 Å². The second-order valence-corrected chi connectivity index (χ2v) is 6.22. The van der Waals surface area contributed by atoms with Crippen molar-refractivity contribution in [2.45, 2.75) is 12.5 Å². The Morgan fingerprint density at radius 2 is 1.81 bits per heavy atom. The van der Waals surface area contributed by atoms with Gasteiger partial charge < -0.3 is 9.64 Å². The molecule has 1 unspecified atom stereocenters. The van der Waals surface area contributed by atoms with E-state index in [1.165, 1.54) is 11.0 Å². The van der Waals surface area contributed by atoms with Crippen LogP contribution in [0.4, 0.5) is 8.78 Å². The van der Waals surface area contributed by atoms with Crippen LogP contribution in [0, 0.1) is 11.6 Å². The van der Waals surface area contributed by atoms with E-state index in [2.05, 4.69) is 4.98 Å². The van der Waals surface area contributed by atoms with Crippen molar-refractivity contribution in [3.8, 4) is 5.88 Å². The summed E-state index contributed by atoms with van der Waals surface area (Å²) in [6.45, 7) is 0.645. The van der Waals surface area contributed by atoms with Gasteiger partial charge >= 0.3 is 0 Å². The lowest BCUT2D eigenvalue weighted by Gasteiger charge is -2.17. The lowest BCUT2D eigenvalue weighted by molar-refractivity contribution is 0.0761. The minimum Gasteiger partial charge on any atom is -0.472 e. The molecule has 1 aliphatic rings. The van der Waals surface area contributed by atoms with E-state index in [1.807, 2.05) is 30.3 Å². The van der Waals surface area contributed by atoms with Crippen molar-refractivity contribution in [3.05, 3.63) is 71.8 Å². The second kappa shape index (κ2) is 6.71. The first-order valence-electron chi connectivity index (χ1n) is 8.37. The first-order valence-corrected chi connectivity index (χ1v) is 8.37. The zero-order valence-electron chi connectivity index (χ0n) is 13.9. The van der Waals surface area contributed by atoms with Gasteiger partial charge in [-0.3, -0.25) is 4.79 Å². The molecular weight excluding hydrogens is 338 g/mol. The normalized spacial score (nSPS) is 16.8. The summed E-state index contributed by atoms with van der Waals surface area (Å²) in [7, 11) is 0. The number of likely N-dealkylation sites (tertiary alicyclic amines) is 1. The first-order chi connectivity index (χ1) is 12.6. The number of para-hydroxylation sites is 1. The molecule has 0 aliphatic carbocycles. The molecule has 3 aromatic rings. The smallest absolute Gasteiger partial charge is 0.259 e. The molecule has 1 aliphatic heterocycles. The van der Waals surface area contributed by atoms with E-state index in [1.54, 1.807) is 6.07 Å². The monoisotopic (exact) mass is 354 g/mol. The van der Waals surface area contributed by atoms with Crippen LogP contribution >= 0.6 is 0 Å². The number of nitrogens with zero attached hydrogens (tertiary/aromatic N) is 2. The summed E-state index contributed by atoms with van der Waals surface area (Å²) < 4.78 is 33.5. The number of rotatable bonds is 3. The highest BCUT2D eigenvalue weighted by Gasteiger charge is 2.31. The van der Waals surface area contributed by atoms with Crippen LogP contribution in [0.5, 0.6) is 5.88 Å². The average molecular weight is 354 g/mol. The van der Waals surface area contributed by atoms with Gasteiger partial charge in [-0.15, -0.1) is 0 Å². The van der Waals surface area contributed by atoms with Crippen LogP contribution in [0.15, 0.2) is 54.6 Å². The van der Waals surface area contributed by atoms with Crippen molar-refractivity contribution in [3.63, 3.8) is 0 Å². The summed E-state index contributed by atoms with van der Waals surface area (Å²) in [6.07, 6.45) is 0.318. The van der Waals surface area contributed by atoms with Gasteiger partial charge in [0, 0.05) is 24.4 Å². The molecule has 1 amide bonds. The van der Waals surface area contributed by atoms with Gasteiger partial charge in [0.15, 0.2) is 0 Å². The maximum absolute atomic E-state index is 13.8. The Bertz CT molecular complexity index is 957. The number of hydrogen-bond acceptors (Lipinski definition) is 3. The molecule has 26 heavy (non-hydrogen) atoms. The minimum atomic E-state index is -0.851. The van der Waals surface area contributed by atoms with Gasteiger partial charge in [0.1, 0.15) is 23.3 Å². The Balaban J connectivity index is 1.47. The molecule has 4 rings (SSSR count). The third-order valence-corrected chi connectivity index (χ3v) is 4.47. The van der Waals surface area contributed by atoms with E-state index < -0.39 is 23.1 Å². The number of carbonyl (C=O) groups is 1. The van der Waals surface area contributed by atoms with Crippen LogP contribution in [0.1, 0.15) is 16.8 Å². The molecule has 6 heteroatoms. The van der Waals surface area contributed by atoms with Crippen LogP contribution in [-0.4, -0.2) is 35.0 Å². The van der Waals surface area contributed by atoms with Crippen LogP contribution < -0.4 is 4.74 Å². The lowest BCUT2D eigenvalue weighted by atomic mass is 10.1. The number of hydrogen-bond donors (Lipinski definition) is 0. The van der Waals surface area contributed by atoms with Gasteiger partial charge in [-0.2, -0.15) is 0 Å². The molecule has 1 fully saturated rings. The lowest BCUT2D eigenvalue weighted by Crippen LogP contribution is -2.32. The third-order valence-electron chi connectivity index (χ3n) is 4.47. The van der Waals surface area contributed by atoms with E-state index in [4.69, 9.17) is 4.74 Å². The fraction of sp³-hybridized carbons (Fsp3) is 0.200. The molecule has 132 valence electrons. The SMILES string of the molecule is O=C(c1c(F)cccc1F)N1CCC(Oc2ccc3ccccc3n2)C1. The van der Waals surface area contributed by atoms with E-state index in [0.29, 0.717) is 18.8 Å². The van der Waals surface area contributed by atoms with E-state index in [-0.39, 0.29) is 12.6 Å². The molecule has 2 aromatic carbocycles. The fourth-order valence-electron chi connectivity index (χ4n) is 3.15. The zero-order chi connectivity index (χ0) is 18.1. The van der Waals surface area contributed by atoms with Gasteiger partial charge in [0.25, 0.3) is 5.91 Å². The van der Waals surface area contributed by atoms with E-state index in [0.717, 1.165) is 23.0 Å². The first kappa shape index (κ1) is 16.4. The summed E-state index contributed by atoms with van der Waals surface area (Å²) in [5.41, 5.74) is 0.307. The molecular formula is C20H16F2N2O2. The van der Waals surface area contributed by atoms with Gasteiger partial charge in [0.2, 0.25) is 5.88 Å². The Morgan fingerprint density at radius 3 is 2.62 bits per heavy atom. The predicted octanol–water partition coefficient (Wildman–Crippen LogP) is 3.81. The molecule has 0 bridgehead atoms. The van der Waals surface area contributed by atoms with Crippen molar-refractivity contribution in [1.82, 2.24) is 9.88 Å². The molecule has 4 nitrogen and oxygen atoms in total. The zero-order valence-corrected chi connectivity index (χ0v) is 13.9. The molecule has 1 saturated heterocycles. The summed E-state index contributed by atoms with van der Waals surface area (Å²) in [6, 6.07) is 14.8. The van der Waals surface area contributed by atoms with E-state index in [9.17, 15) is 13.6 Å². The Labute approximate surface area is 149 Å². The van der Waals surface area contributed by atoms with E-state index >= 15 is 0 Å². The molecule has 2 heterocycles. The Hall–Kier alpha value is -3.02. The summed E-state index contributed by atoms with van der Waals surface area (Å²) in [4.78, 5) is 18.3. The van der Waals surface area contributed by atoms with Gasteiger partial charge in [-0.25, -0.2) is 13.8 Å². The van der Waals surface area contributed by atoms with Crippen molar-refractivity contribution in [2.75, 3.05) is 13.1 Å². The fourth-order valence-corrected chi connectivity index (χ4v) is 3.15. The number of benzene rings is 2. The van der Waals surface area contributed by atoms with Gasteiger partial charge in [-0.05, 0) is 24.3 Å². The maximum Gasteiger partial charge on any atom is 0.259 e. The number of halogens is 2. The number of ether oxygens (including phenoxy) is 1. The Kier molecular flexibility index (Phi) is 4.24. The topological polar surface area (TPSA) is 42.4 Å². The number of carbonyl (C=O) groups excluding carboxylic acids is 1. The second-order valence-electron chi connectivity index (χ2n) is 6.22. The molecule has 0 saturated carbocycles. The number of aromatic nitrogens is 1. The number of amides is 1. The summed E-state index contributed by atoms with van der Waals surface area (Å²) in [5, 5.41) is 1.01. The maximum atomic E-state index is 13.8. The van der Waals surface area contributed by atoms with Crippen LogP contribution in [0.2, 0.25) is 0 Å². The van der Waals surface area contributed by atoms with Gasteiger partial charge in [0.05, 0.1) is 12.1 Å². The number of pyridine rings is 1. The third kappa shape index (κ3) is 3.10. The van der Waals surface area contributed by atoms with Crippen LogP contribution in [0.3, 0.4) is 0 Å². The minimum absolute atomic E-state index is 0.262. The molecule has 1 aromatic heterocycles. The highest BCUT2D eigenvalue weighted by Crippen LogP contribution is 2.22. The standard InChI is InChI=1S/C20H16F2N2O2/c21-15-5-3-6-16(22)19(15)20(25)24-11-10-14(12-24)26-18-9-8-13-4-1-2-7-17(13)23-18/h1-9,14H,10-12H2. The van der Waals surface area contributed by atoms with Crippen LogP contribution in [0.25, 0.3) is 10.9 Å². The van der Waals surface area contributed by atoms with Crippen molar-refractivity contribution in [1.29, 1.82) is 0 Å². The number of fused-ring (bicyclic) bond motifs is 1. The largest absolute Gasteiger partial charge is 0.472 e. The van der Waals surface area contributed by atoms with Crippen LogP contribution in [-0.2, 0) is 0 Å². The summed E-state index contributed by atoms with van der Waals surface area (Å²) in [5.74, 6) is -1.88. The summed E-state index contributed by atoms with van der Waals surface area (Å²) >= 11 is 0. The molecule has 0 radical (unpaired) electrons. The van der Waals surface area contributed by atoms with Crippen molar-refractivity contribution in [2.24, 2.45) is 0 Å².